The lowest BCUT2D eigenvalue weighted by Gasteiger charge is -2.25. The number of rotatable bonds is 10. The fourth-order valence-electron chi connectivity index (χ4n) is 3.43. The second-order valence-corrected chi connectivity index (χ2v) is 7.98. The molecule has 2 nitrogen and oxygen atoms in total. The van der Waals surface area contributed by atoms with Crippen molar-refractivity contribution in [2.75, 3.05) is 13.3 Å². The zero-order chi connectivity index (χ0) is 21.4. The molecule has 0 N–H and O–H groups in total. The van der Waals surface area contributed by atoms with Gasteiger partial charge in [0, 0.05) is 0 Å². The summed E-state index contributed by atoms with van der Waals surface area (Å²) in [6.45, 7) is 4.00. The molecule has 0 saturated carbocycles. The van der Waals surface area contributed by atoms with Crippen molar-refractivity contribution in [3.05, 3.63) is 89.7 Å². The van der Waals surface area contributed by atoms with Crippen LogP contribution in [0.2, 0.25) is 0 Å². The van der Waals surface area contributed by atoms with Crippen LogP contribution in [0, 0.1) is 5.82 Å². The van der Waals surface area contributed by atoms with Crippen molar-refractivity contribution < 1.29 is 18.3 Å². The second kappa shape index (κ2) is 10.2. The van der Waals surface area contributed by atoms with Gasteiger partial charge >= 0.3 is 0 Å². The van der Waals surface area contributed by atoms with Crippen molar-refractivity contribution in [3.63, 3.8) is 0 Å². The molecule has 0 atom stereocenters. The number of hydrogen-bond acceptors (Lipinski definition) is 2. The molecule has 3 rings (SSSR count). The lowest BCUT2D eigenvalue weighted by atomic mass is 9.80. The highest BCUT2D eigenvalue weighted by molar-refractivity contribution is 5.35. The van der Waals surface area contributed by atoms with Gasteiger partial charge in [-0.2, -0.15) is 0 Å². The van der Waals surface area contributed by atoms with Crippen LogP contribution in [0.1, 0.15) is 37.8 Å². The van der Waals surface area contributed by atoms with Gasteiger partial charge in [0.1, 0.15) is 24.8 Å². The molecule has 0 heterocycles. The van der Waals surface area contributed by atoms with E-state index >= 15 is 0 Å². The minimum Gasteiger partial charge on any atom is -0.491 e. The van der Waals surface area contributed by atoms with E-state index in [1.807, 2.05) is 60.7 Å². The Morgan fingerprint density at radius 3 is 2.30 bits per heavy atom. The summed E-state index contributed by atoms with van der Waals surface area (Å²) in [4.78, 5) is 0. The summed E-state index contributed by atoms with van der Waals surface area (Å²) < 4.78 is 37.4. The molecule has 0 amide bonds. The van der Waals surface area contributed by atoms with Crippen LogP contribution in [0.15, 0.2) is 72.8 Å². The quantitative estimate of drug-likeness (QED) is 0.350. The number of hydrogen-bond donors (Lipinski definition) is 0. The molecular formula is C26H28F2O2. The van der Waals surface area contributed by atoms with E-state index in [2.05, 4.69) is 13.8 Å². The first-order chi connectivity index (χ1) is 14.5. The normalized spacial score (nSPS) is 11.3. The second-order valence-electron chi connectivity index (χ2n) is 7.98. The molecule has 0 radical (unpaired) electrons. The number of halogens is 2. The van der Waals surface area contributed by atoms with Crippen LogP contribution in [0.3, 0.4) is 0 Å². The van der Waals surface area contributed by atoms with Crippen LogP contribution in [0.25, 0.3) is 0 Å². The highest BCUT2D eigenvalue weighted by Crippen LogP contribution is 2.31. The summed E-state index contributed by atoms with van der Waals surface area (Å²) in [6, 6.07) is 22.2. The van der Waals surface area contributed by atoms with Gasteiger partial charge in [-0.3, -0.25) is 0 Å². The van der Waals surface area contributed by atoms with Crippen molar-refractivity contribution in [2.45, 2.75) is 38.5 Å². The van der Waals surface area contributed by atoms with E-state index in [1.165, 1.54) is 11.6 Å². The van der Waals surface area contributed by atoms with Gasteiger partial charge in [-0.1, -0.05) is 50.2 Å². The van der Waals surface area contributed by atoms with Crippen LogP contribution in [-0.2, 0) is 11.8 Å². The molecule has 0 saturated heterocycles. The Hall–Kier alpha value is -2.88. The maximum Gasteiger partial charge on any atom is 0.165 e. The highest BCUT2D eigenvalue weighted by atomic mass is 19.1. The van der Waals surface area contributed by atoms with Crippen molar-refractivity contribution in [2.24, 2.45) is 0 Å². The predicted molar refractivity (Wildman–Crippen MR) is 117 cm³/mol. The lowest BCUT2D eigenvalue weighted by molar-refractivity contribution is 0.273. The Morgan fingerprint density at radius 2 is 1.60 bits per heavy atom. The third kappa shape index (κ3) is 6.06. The van der Waals surface area contributed by atoms with E-state index in [-0.39, 0.29) is 23.6 Å². The standard InChI is InChI=1S/C26H28F2O2/c1-26(2,21-11-13-22(14-12-21)29-18-17-27)16-6-7-20-10-15-24(28)25(19-20)30-23-8-4-3-5-9-23/h3-5,8-15,19H,6-7,16-18H2,1-2H3. The summed E-state index contributed by atoms with van der Waals surface area (Å²) in [5.41, 5.74) is 2.25. The van der Waals surface area contributed by atoms with E-state index in [4.69, 9.17) is 9.47 Å². The zero-order valence-corrected chi connectivity index (χ0v) is 17.5. The van der Waals surface area contributed by atoms with E-state index in [1.54, 1.807) is 6.07 Å². The molecule has 0 spiro atoms. The number of para-hydroxylation sites is 1. The van der Waals surface area contributed by atoms with E-state index in [0.717, 1.165) is 24.8 Å². The smallest absolute Gasteiger partial charge is 0.165 e. The zero-order valence-electron chi connectivity index (χ0n) is 17.5. The van der Waals surface area contributed by atoms with Gasteiger partial charge in [-0.25, -0.2) is 8.78 Å². The molecule has 158 valence electrons. The molecule has 3 aromatic carbocycles. The molecule has 0 unspecified atom stereocenters. The maximum atomic E-state index is 14.1. The Balaban J connectivity index is 1.58. The Labute approximate surface area is 177 Å². The van der Waals surface area contributed by atoms with Crippen molar-refractivity contribution >= 4 is 0 Å². The average molecular weight is 411 g/mol. The maximum absolute atomic E-state index is 14.1. The Morgan fingerprint density at radius 1 is 0.867 bits per heavy atom. The number of ether oxygens (including phenoxy) is 2. The van der Waals surface area contributed by atoms with Crippen molar-refractivity contribution in [1.82, 2.24) is 0 Å². The Kier molecular flexibility index (Phi) is 7.45. The number of aryl methyl sites for hydroxylation is 1. The predicted octanol–water partition coefficient (Wildman–Crippen LogP) is 7.27. The first kappa shape index (κ1) is 21.8. The first-order valence-corrected chi connectivity index (χ1v) is 10.3. The van der Waals surface area contributed by atoms with Crippen LogP contribution in [0.5, 0.6) is 17.2 Å². The molecule has 3 aromatic rings. The summed E-state index contributed by atoms with van der Waals surface area (Å²) in [5, 5.41) is 0. The van der Waals surface area contributed by atoms with Crippen molar-refractivity contribution in [1.29, 1.82) is 0 Å². The Bertz CT molecular complexity index is 922. The lowest BCUT2D eigenvalue weighted by Crippen LogP contribution is -2.17. The van der Waals surface area contributed by atoms with Gasteiger partial charge in [-0.15, -0.1) is 0 Å². The fraction of sp³-hybridized carbons (Fsp3) is 0.308. The minimum absolute atomic E-state index is 0.0119. The summed E-state index contributed by atoms with van der Waals surface area (Å²) >= 11 is 0. The molecule has 0 aromatic heterocycles. The van der Waals surface area contributed by atoms with Gasteiger partial charge < -0.3 is 9.47 Å². The van der Waals surface area contributed by atoms with E-state index in [0.29, 0.717) is 11.5 Å². The molecule has 4 heteroatoms. The van der Waals surface area contributed by atoms with E-state index < -0.39 is 6.67 Å². The number of benzene rings is 3. The monoisotopic (exact) mass is 410 g/mol. The van der Waals surface area contributed by atoms with Crippen molar-refractivity contribution in [3.8, 4) is 17.2 Å². The highest BCUT2D eigenvalue weighted by Gasteiger charge is 2.20. The molecular weight excluding hydrogens is 382 g/mol. The minimum atomic E-state index is -0.491. The number of alkyl halides is 1. The molecule has 0 fully saturated rings. The van der Waals surface area contributed by atoms with Gasteiger partial charge in [0.25, 0.3) is 0 Å². The first-order valence-electron chi connectivity index (χ1n) is 10.3. The molecule has 0 aliphatic heterocycles. The summed E-state index contributed by atoms with van der Waals surface area (Å²) in [7, 11) is 0. The van der Waals surface area contributed by atoms with Crippen LogP contribution < -0.4 is 9.47 Å². The van der Waals surface area contributed by atoms with Gasteiger partial charge in [0.05, 0.1) is 0 Å². The summed E-state index contributed by atoms with van der Waals surface area (Å²) in [5.74, 6) is 1.19. The summed E-state index contributed by atoms with van der Waals surface area (Å²) in [6.07, 6.45) is 2.78. The fourth-order valence-corrected chi connectivity index (χ4v) is 3.43. The van der Waals surface area contributed by atoms with Gasteiger partial charge in [0.15, 0.2) is 11.6 Å². The third-order valence-electron chi connectivity index (χ3n) is 5.22. The molecule has 0 bridgehead atoms. The third-order valence-corrected chi connectivity index (χ3v) is 5.22. The van der Waals surface area contributed by atoms with Gasteiger partial charge in [0.2, 0.25) is 0 Å². The van der Waals surface area contributed by atoms with Gasteiger partial charge in [-0.05, 0) is 72.2 Å². The molecule has 30 heavy (non-hydrogen) atoms. The molecule has 0 aliphatic carbocycles. The van der Waals surface area contributed by atoms with Crippen LogP contribution >= 0.6 is 0 Å². The van der Waals surface area contributed by atoms with E-state index in [9.17, 15) is 8.78 Å². The molecule has 0 aliphatic rings. The van der Waals surface area contributed by atoms with Crippen LogP contribution in [0.4, 0.5) is 8.78 Å². The largest absolute Gasteiger partial charge is 0.491 e. The van der Waals surface area contributed by atoms with Crippen LogP contribution in [-0.4, -0.2) is 13.3 Å². The topological polar surface area (TPSA) is 18.5 Å². The SMILES string of the molecule is CC(C)(CCCc1ccc(F)c(Oc2ccccc2)c1)c1ccc(OCCF)cc1. The average Bonchev–Trinajstić information content (AvgIpc) is 2.75.